The number of imide groups is 1. The molecule has 0 spiro atoms. The van der Waals surface area contributed by atoms with Gasteiger partial charge in [-0.1, -0.05) is 48.6 Å². The third kappa shape index (κ3) is 11.6. The summed E-state index contributed by atoms with van der Waals surface area (Å²) in [5.74, 6) is 0.310. The Morgan fingerprint density at radius 1 is 0.880 bits per heavy atom. The van der Waals surface area contributed by atoms with Gasteiger partial charge in [0.05, 0.1) is 40.5 Å². The molecule has 388 valence electrons. The SMILES string of the molecule is Cc1cc(OC[C@H](C)CC2CCN(CC(=O)Nc3ccc4c(C5CCC(=O)NC5=O)nn(C)c4c3)CC2)ccc1-c1ccc(N2CCc3cccc(C(=O)Nc4nc5ccccc5s4)c3C2)nc1C(=O)OC(C)(C)C. The summed E-state index contributed by atoms with van der Waals surface area (Å²) in [5, 5.41) is 14.5. The number of anilines is 3. The molecular formula is C58H63N9O7S. The monoisotopic (exact) mass is 1030 g/mol. The third-order valence-corrected chi connectivity index (χ3v) is 15.3. The van der Waals surface area contributed by atoms with Crippen LogP contribution in [0, 0.1) is 18.8 Å². The number of hydrogen-bond acceptors (Lipinski definition) is 13. The number of amides is 4. The Labute approximate surface area is 440 Å². The minimum absolute atomic E-state index is 0.0817. The van der Waals surface area contributed by atoms with E-state index < -0.39 is 17.5 Å². The molecule has 1 unspecified atom stereocenters. The maximum absolute atomic E-state index is 14.0. The predicted octanol–water partition coefficient (Wildman–Crippen LogP) is 9.60. The molecule has 7 aromatic rings. The summed E-state index contributed by atoms with van der Waals surface area (Å²) in [6.07, 6.45) is 4.41. The number of aromatic nitrogens is 4. The zero-order valence-corrected chi connectivity index (χ0v) is 44.1. The van der Waals surface area contributed by atoms with Crippen LogP contribution in [0.25, 0.3) is 32.2 Å². The molecule has 75 heavy (non-hydrogen) atoms. The van der Waals surface area contributed by atoms with Crippen molar-refractivity contribution in [1.82, 2.24) is 30.0 Å². The van der Waals surface area contributed by atoms with Crippen molar-refractivity contribution in [1.29, 1.82) is 0 Å². The Kier molecular flexibility index (Phi) is 14.5. The van der Waals surface area contributed by atoms with Crippen molar-refractivity contribution in [3.05, 3.63) is 125 Å². The molecule has 10 rings (SSSR count). The number of hydrogen-bond donors (Lipinski definition) is 3. The molecule has 3 aliphatic heterocycles. The van der Waals surface area contributed by atoms with Gasteiger partial charge >= 0.3 is 5.97 Å². The quantitative estimate of drug-likeness (QED) is 0.0692. The van der Waals surface area contributed by atoms with Gasteiger partial charge in [0, 0.05) is 48.8 Å². The molecule has 3 aromatic heterocycles. The number of likely N-dealkylation sites (tertiary alicyclic amines) is 1. The van der Waals surface area contributed by atoms with Crippen LogP contribution in [0.3, 0.4) is 0 Å². The molecule has 17 heteroatoms. The van der Waals surface area contributed by atoms with E-state index in [0.29, 0.717) is 84.4 Å². The number of rotatable bonds is 14. The summed E-state index contributed by atoms with van der Waals surface area (Å²) in [7, 11) is 1.81. The molecule has 2 fully saturated rings. The van der Waals surface area contributed by atoms with E-state index in [1.165, 1.54) is 11.3 Å². The first-order valence-electron chi connectivity index (χ1n) is 25.9. The maximum Gasteiger partial charge on any atom is 0.358 e. The van der Waals surface area contributed by atoms with Crippen molar-refractivity contribution in [3.63, 3.8) is 0 Å². The zero-order valence-electron chi connectivity index (χ0n) is 43.3. The molecule has 0 bridgehead atoms. The van der Waals surface area contributed by atoms with E-state index in [9.17, 15) is 24.0 Å². The standard InChI is InChI=1S/C58H63N9O7S/c1-34(28-36-22-25-66(26-23-36)32-51(69)59-38-14-16-43-47(30-38)65(6)64-52(43)44-19-21-50(68)62-55(44)71)33-73-39-15-17-40(35(2)29-39)41-18-20-49(61-53(41)56(72)74-58(3,4)5)67-27-24-37-10-9-11-42(45(37)31-67)54(70)63-57-60-46-12-7-8-13-48(46)75-57/h7-18,20,29-30,34,36,44H,19,21-28,31-33H2,1-6H3,(H,59,69)(H,60,63,70)(H,62,68,71)/t34-,44?/m1/s1. The molecule has 2 saturated heterocycles. The number of aryl methyl sites for hydroxylation is 2. The number of esters is 1. The van der Waals surface area contributed by atoms with Gasteiger partial charge in [-0.25, -0.2) is 14.8 Å². The number of pyridine rings is 1. The summed E-state index contributed by atoms with van der Waals surface area (Å²) in [4.78, 5) is 79.2. The largest absolute Gasteiger partial charge is 0.493 e. The van der Waals surface area contributed by atoms with Gasteiger partial charge in [0.2, 0.25) is 17.7 Å². The van der Waals surface area contributed by atoms with Gasteiger partial charge in [-0.2, -0.15) is 5.10 Å². The number of fused-ring (bicyclic) bond motifs is 3. The second-order valence-electron chi connectivity index (χ2n) is 21.3. The van der Waals surface area contributed by atoms with Crippen LogP contribution in [0.15, 0.2) is 91.0 Å². The zero-order chi connectivity index (χ0) is 52.5. The maximum atomic E-state index is 14.0. The van der Waals surface area contributed by atoms with Gasteiger partial charge in [-0.3, -0.25) is 39.4 Å². The second kappa shape index (κ2) is 21.4. The molecular weight excluding hydrogens is 967 g/mol. The number of para-hydroxylation sites is 1. The van der Waals surface area contributed by atoms with E-state index >= 15 is 0 Å². The Bertz CT molecular complexity index is 3320. The van der Waals surface area contributed by atoms with E-state index in [1.807, 2.05) is 120 Å². The lowest BCUT2D eigenvalue weighted by atomic mass is 9.88. The Balaban J connectivity index is 0.734. The van der Waals surface area contributed by atoms with E-state index in [2.05, 4.69) is 48.8 Å². The van der Waals surface area contributed by atoms with Crippen molar-refractivity contribution in [2.75, 3.05) is 48.3 Å². The van der Waals surface area contributed by atoms with Crippen LogP contribution in [0.5, 0.6) is 5.75 Å². The lowest BCUT2D eigenvalue weighted by Gasteiger charge is -2.32. The highest BCUT2D eigenvalue weighted by Crippen LogP contribution is 2.36. The van der Waals surface area contributed by atoms with Gasteiger partial charge < -0.3 is 19.7 Å². The highest BCUT2D eigenvalue weighted by molar-refractivity contribution is 7.22. The summed E-state index contributed by atoms with van der Waals surface area (Å²) in [6.45, 7) is 13.4. The van der Waals surface area contributed by atoms with Crippen LogP contribution in [-0.2, 0) is 39.1 Å². The fourth-order valence-corrected chi connectivity index (χ4v) is 11.5. The van der Waals surface area contributed by atoms with Crippen LogP contribution in [0.4, 0.5) is 16.6 Å². The minimum Gasteiger partial charge on any atom is -0.493 e. The Hall–Kier alpha value is -7.50. The molecule has 16 nitrogen and oxygen atoms in total. The number of nitrogens with one attached hydrogen (secondary N) is 3. The van der Waals surface area contributed by atoms with Gasteiger partial charge in [0.25, 0.3) is 5.91 Å². The van der Waals surface area contributed by atoms with Crippen LogP contribution >= 0.6 is 11.3 Å². The topological polar surface area (TPSA) is 190 Å². The lowest BCUT2D eigenvalue weighted by molar-refractivity contribution is -0.134. The molecule has 3 aliphatic rings. The summed E-state index contributed by atoms with van der Waals surface area (Å²) < 4.78 is 15.0. The Morgan fingerprint density at radius 2 is 1.68 bits per heavy atom. The van der Waals surface area contributed by atoms with Crippen LogP contribution in [-0.4, -0.2) is 92.6 Å². The van der Waals surface area contributed by atoms with Gasteiger partial charge in [-0.15, -0.1) is 0 Å². The number of carbonyl (C=O) groups is 5. The molecule has 4 amide bonds. The van der Waals surface area contributed by atoms with Crippen molar-refractivity contribution < 1.29 is 33.4 Å². The normalized spacial score (nSPS) is 16.9. The predicted molar refractivity (Wildman–Crippen MR) is 291 cm³/mol. The first-order chi connectivity index (χ1) is 36.0. The number of thiazole rings is 1. The highest BCUT2D eigenvalue weighted by Gasteiger charge is 2.33. The van der Waals surface area contributed by atoms with Gasteiger partial charge in [-0.05, 0) is 168 Å². The van der Waals surface area contributed by atoms with Gasteiger partial charge in [0.1, 0.15) is 17.2 Å². The molecule has 4 aromatic carbocycles. The van der Waals surface area contributed by atoms with E-state index in [4.69, 9.17) is 14.5 Å². The average Bonchev–Trinajstić information content (AvgIpc) is 3.94. The smallest absolute Gasteiger partial charge is 0.358 e. The molecule has 0 saturated carbocycles. The Morgan fingerprint density at radius 3 is 2.45 bits per heavy atom. The molecule has 3 N–H and O–H groups in total. The fourth-order valence-electron chi connectivity index (χ4n) is 10.7. The number of ether oxygens (including phenoxy) is 2. The lowest BCUT2D eigenvalue weighted by Crippen LogP contribution is -2.39. The van der Waals surface area contributed by atoms with E-state index in [1.54, 1.807) is 4.68 Å². The van der Waals surface area contributed by atoms with Crippen molar-refractivity contribution in [2.45, 2.75) is 91.2 Å². The number of nitrogens with zero attached hydrogens (tertiary/aromatic N) is 6. The van der Waals surface area contributed by atoms with Crippen LogP contribution in [0.2, 0.25) is 0 Å². The van der Waals surface area contributed by atoms with Crippen LogP contribution < -0.4 is 25.6 Å². The first kappa shape index (κ1) is 51.0. The number of piperidine rings is 2. The molecule has 0 aliphatic carbocycles. The summed E-state index contributed by atoms with van der Waals surface area (Å²) in [6, 6.07) is 29.1. The van der Waals surface area contributed by atoms with E-state index in [0.717, 1.165) is 81.5 Å². The number of carbonyl (C=O) groups excluding carboxylic acids is 5. The molecule has 2 atom stereocenters. The third-order valence-electron chi connectivity index (χ3n) is 14.4. The number of benzene rings is 4. The second-order valence-corrected chi connectivity index (χ2v) is 22.3. The summed E-state index contributed by atoms with van der Waals surface area (Å²) >= 11 is 1.44. The highest BCUT2D eigenvalue weighted by atomic mass is 32.1. The van der Waals surface area contributed by atoms with Crippen molar-refractivity contribution in [3.8, 4) is 16.9 Å². The van der Waals surface area contributed by atoms with Crippen LogP contribution in [0.1, 0.15) is 109 Å². The van der Waals surface area contributed by atoms with E-state index in [-0.39, 0.29) is 35.7 Å². The van der Waals surface area contributed by atoms with Crippen molar-refractivity contribution >= 4 is 78.7 Å². The molecule has 0 radical (unpaired) electrons. The molecule has 6 heterocycles. The first-order valence-corrected chi connectivity index (χ1v) is 26.7. The fraction of sp³-hybridized carbons (Fsp3) is 0.379. The van der Waals surface area contributed by atoms with Crippen molar-refractivity contribution in [2.24, 2.45) is 18.9 Å². The summed E-state index contributed by atoms with van der Waals surface area (Å²) in [5.41, 5.74) is 7.47. The minimum atomic E-state index is -0.743. The average molecular weight is 1030 g/mol. The van der Waals surface area contributed by atoms with Gasteiger partial charge in [0.15, 0.2) is 10.8 Å².